The third-order valence-electron chi connectivity index (χ3n) is 5.12. The quantitative estimate of drug-likeness (QED) is 0.555. The fraction of sp³-hybridized carbons (Fsp3) is 0.682. The Labute approximate surface area is 186 Å². The van der Waals surface area contributed by atoms with Gasteiger partial charge in [0.05, 0.1) is 14.2 Å². The second kappa shape index (κ2) is 10.5. The predicted molar refractivity (Wildman–Crippen MR) is 119 cm³/mol. The topological polar surface area (TPSA) is 85.4 Å². The van der Waals surface area contributed by atoms with E-state index in [1.807, 2.05) is 0 Å². The first-order valence-corrected chi connectivity index (χ1v) is 12.2. The lowest BCUT2D eigenvalue weighted by Gasteiger charge is -2.35. The van der Waals surface area contributed by atoms with E-state index in [-0.39, 0.29) is 36.8 Å². The highest BCUT2D eigenvalue weighted by molar-refractivity contribution is 7.89. The largest absolute Gasteiger partial charge is 0.493 e. The smallest absolute Gasteiger partial charge is 0.410 e. The van der Waals surface area contributed by atoms with Crippen molar-refractivity contribution in [3.05, 3.63) is 17.7 Å². The first kappa shape index (κ1) is 25.3. The summed E-state index contributed by atoms with van der Waals surface area (Å²) in [4.78, 5) is 13.9. The van der Waals surface area contributed by atoms with Gasteiger partial charge in [-0.05, 0) is 45.2 Å². The standard InChI is InChI=1S/C22H36N2O6S/c1-7-8-9-10-17-11-12-18(20(29-6)19(17)28-5)31(26,27)24-15-13-23(14-16-24)21(25)30-22(2,3)4/h11-12H,7-10,13-16H2,1-6H3. The van der Waals surface area contributed by atoms with Gasteiger partial charge in [0.25, 0.3) is 0 Å². The van der Waals surface area contributed by atoms with Crippen LogP contribution in [0.15, 0.2) is 17.0 Å². The number of carbonyl (C=O) groups is 1. The molecule has 0 atom stereocenters. The number of unbranched alkanes of at least 4 members (excludes halogenated alkanes) is 2. The van der Waals surface area contributed by atoms with E-state index in [0.29, 0.717) is 5.75 Å². The number of benzene rings is 1. The highest BCUT2D eigenvalue weighted by Crippen LogP contribution is 2.39. The van der Waals surface area contributed by atoms with Crippen molar-refractivity contribution in [1.29, 1.82) is 0 Å². The Hall–Kier alpha value is -2.00. The summed E-state index contributed by atoms with van der Waals surface area (Å²) in [6.07, 6.45) is 3.55. The van der Waals surface area contributed by atoms with Crippen LogP contribution in [-0.2, 0) is 21.2 Å². The predicted octanol–water partition coefficient (Wildman–Crippen LogP) is 3.68. The van der Waals surface area contributed by atoms with Crippen LogP contribution in [0.5, 0.6) is 11.5 Å². The van der Waals surface area contributed by atoms with Gasteiger partial charge in [0.1, 0.15) is 10.5 Å². The van der Waals surface area contributed by atoms with E-state index in [0.717, 1.165) is 31.2 Å². The summed E-state index contributed by atoms with van der Waals surface area (Å²) in [5, 5.41) is 0. The Morgan fingerprint density at radius 3 is 2.13 bits per heavy atom. The molecule has 176 valence electrons. The van der Waals surface area contributed by atoms with Crippen LogP contribution < -0.4 is 9.47 Å². The molecule has 1 saturated heterocycles. The number of ether oxygens (including phenoxy) is 3. The van der Waals surface area contributed by atoms with Crippen LogP contribution in [0.1, 0.15) is 52.5 Å². The van der Waals surface area contributed by atoms with Crippen molar-refractivity contribution in [1.82, 2.24) is 9.21 Å². The molecule has 1 aromatic rings. The zero-order valence-electron chi connectivity index (χ0n) is 19.6. The average molecular weight is 457 g/mol. The molecule has 0 bridgehead atoms. The van der Waals surface area contributed by atoms with Crippen molar-refractivity contribution in [3.8, 4) is 11.5 Å². The van der Waals surface area contributed by atoms with Gasteiger partial charge in [-0.3, -0.25) is 0 Å². The number of hydrogen-bond donors (Lipinski definition) is 0. The number of hydrogen-bond acceptors (Lipinski definition) is 6. The van der Waals surface area contributed by atoms with Crippen molar-refractivity contribution >= 4 is 16.1 Å². The molecule has 2 rings (SSSR count). The number of carbonyl (C=O) groups excluding carboxylic acids is 1. The van der Waals surface area contributed by atoms with E-state index in [4.69, 9.17) is 14.2 Å². The van der Waals surface area contributed by atoms with Crippen LogP contribution >= 0.6 is 0 Å². The maximum atomic E-state index is 13.4. The Kier molecular flexibility index (Phi) is 8.59. The molecular formula is C22H36N2O6S. The summed E-state index contributed by atoms with van der Waals surface area (Å²) in [5.74, 6) is 0.693. The molecule has 0 aliphatic carbocycles. The van der Waals surface area contributed by atoms with Gasteiger partial charge in [0.15, 0.2) is 11.5 Å². The van der Waals surface area contributed by atoms with Crippen LogP contribution in [0.3, 0.4) is 0 Å². The summed E-state index contributed by atoms with van der Waals surface area (Å²) in [6, 6.07) is 3.40. The van der Waals surface area contributed by atoms with Crippen molar-refractivity contribution in [3.63, 3.8) is 0 Å². The minimum Gasteiger partial charge on any atom is -0.493 e. The minimum atomic E-state index is -3.81. The van der Waals surface area contributed by atoms with Crippen LogP contribution in [0.25, 0.3) is 0 Å². The Bertz CT molecular complexity index is 855. The molecule has 1 aliphatic rings. The maximum Gasteiger partial charge on any atom is 0.410 e. The van der Waals surface area contributed by atoms with E-state index in [2.05, 4.69) is 6.92 Å². The van der Waals surface area contributed by atoms with Crippen LogP contribution in [0, 0.1) is 0 Å². The lowest BCUT2D eigenvalue weighted by Crippen LogP contribution is -2.51. The molecule has 31 heavy (non-hydrogen) atoms. The van der Waals surface area contributed by atoms with Gasteiger partial charge in [-0.1, -0.05) is 25.8 Å². The summed E-state index contributed by atoms with van der Waals surface area (Å²) in [6.45, 7) is 8.45. The lowest BCUT2D eigenvalue weighted by atomic mass is 10.1. The van der Waals surface area contributed by atoms with Gasteiger partial charge in [0.2, 0.25) is 10.0 Å². The second-order valence-corrected chi connectivity index (χ2v) is 10.5. The number of amides is 1. The molecule has 8 nitrogen and oxygen atoms in total. The second-order valence-electron chi connectivity index (χ2n) is 8.62. The monoisotopic (exact) mass is 456 g/mol. The van der Waals surface area contributed by atoms with Crippen molar-refractivity contribution in [2.75, 3.05) is 40.4 Å². The highest BCUT2D eigenvalue weighted by Gasteiger charge is 2.34. The third-order valence-corrected chi connectivity index (χ3v) is 7.05. The van der Waals surface area contributed by atoms with Gasteiger partial charge in [-0.25, -0.2) is 13.2 Å². The Balaban J connectivity index is 2.21. The van der Waals surface area contributed by atoms with E-state index >= 15 is 0 Å². The molecule has 0 N–H and O–H groups in total. The summed E-state index contributed by atoms with van der Waals surface area (Å²) >= 11 is 0. The third kappa shape index (κ3) is 6.26. The fourth-order valence-corrected chi connectivity index (χ4v) is 5.12. The average Bonchev–Trinajstić information content (AvgIpc) is 2.72. The highest BCUT2D eigenvalue weighted by atomic mass is 32.2. The molecule has 1 fully saturated rings. The molecule has 0 radical (unpaired) electrons. The molecule has 1 amide bonds. The van der Waals surface area contributed by atoms with Crippen LogP contribution in [0.2, 0.25) is 0 Å². The van der Waals surface area contributed by atoms with Crippen LogP contribution in [-0.4, -0.2) is 69.7 Å². The molecule has 0 saturated carbocycles. The van der Waals surface area contributed by atoms with Crippen LogP contribution in [0.4, 0.5) is 4.79 Å². The van der Waals surface area contributed by atoms with E-state index in [1.165, 1.54) is 23.4 Å². The fourth-order valence-electron chi connectivity index (χ4n) is 3.54. The van der Waals surface area contributed by atoms with Gasteiger partial charge in [0, 0.05) is 26.2 Å². The lowest BCUT2D eigenvalue weighted by molar-refractivity contribution is 0.0192. The molecule has 0 unspecified atom stereocenters. The first-order chi connectivity index (χ1) is 14.5. The number of piperazine rings is 1. The molecule has 1 aromatic carbocycles. The molecule has 1 aliphatic heterocycles. The van der Waals surface area contributed by atoms with Gasteiger partial charge < -0.3 is 19.1 Å². The zero-order valence-corrected chi connectivity index (χ0v) is 20.4. The van der Waals surface area contributed by atoms with Crippen molar-refractivity contribution in [2.45, 2.75) is 63.9 Å². The Morgan fingerprint density at radius 1 is 1.00 bits per heavy atom. The molecule has 9 heteroatoms. The summed E-state index contributed by atoms with van der Waals surface area (Å²) < 4.78 is 44.5. The number of nitrogens with zero attached hydrogens (tertiary/aromatic N) is 2. The molecule has 1 heterocycles. The number of methoxy groups -OCH3 is 2. The minimum absolute atomic E-state index is 0.0804. The van der Waals surface area contributed by atoms with Gasteiger partial charge in [-0.15, -0.1) is 0 Å². The van der Waals surface area contributed by atoms with Gasteiger partial charge in [-0.2, -0.15) is 4.31 Å². The van der Waals surface area contributed by atoms with E-state index in [9.17, 15) is 13.2 Å². The van der Waals surface area contributed by atoms with E-state index in [1.54, 1.807) is 32.9 Å². The summed E-state index contributed by atoms with van der Waals surface area (Å²) in [5.41, 5.74) is 0.338. The zero-order chi connectivity index (χ0) is 23.2. The molecular weight excluding hydrogens is 420 g/mol. The first-order valence-electron chi connectivity index (χ1n) is 10.8. The Morgan fingerprint density at radius 2 is 1.61 bits per heavy atom. The number of sulfonamides is 1. The number of aryl methyl sites for hydroxylation is 1. The normalized spacial score (nSPS) is 15.6. The SMILES string of the molecule is CCCCCc1ccc(S(=O)(=O)N2CCN(C(=O)OC(C)(C)C)CC2)c(OC)c1OC. The summed E-state index contributed by atoms with van der Waals surface area (Å²) in [7, 11) is -0.838. The number of rotatable bonds is 8. The maximum absolute atomic E-state index is 13.4. The molecule has 0 aromatic heterocycles. The van der Waals surface area contributed by atoms with E-state index < -0.39 is 21.7 Å². The molecule has 0 spiro atoms. The van der Waals surface area contributed by atoms with Gasteiger partial charge >= 0.3 is 6.09 Å². The van der Waals surface area contributed by atoms with Crippen molar-refractivity contribution in [2.24, 2.45) is 0 Å². The van der Waals surface area contributed by atoms with Crippen molar-refractivity contribution < 1.29 is 27.4 Å².